The third kappa shape index (κ3) is 3.05. The van der Waals surface area contributed by atoms with Gasteiger partial charge in [0.05, 0.1) is 17.6 Å². The number of hydrogen-bond donors (Lipinski definition) is 0. The predicted molar refractivity (Wildman–Crippen MR) is 111 cm³/mol. The number of para-hydroxylation sites is 1. The van der Waals surface area contributed by atoms with Crippen LogP contribution in [-0.2, 0) is 6.54 Å². The van der Waals surface area contributed by atoms with Crippen LogP contribution in [0.25, 0.3) is 16.7 Å². The highest BCUT2D eigenvalue weighted by atomic mass is 16.2. The second-order valence-electron chi connectivity index (χ2n) is 7.11. The van der Waals surface area contributed by atoms with Gasteiger partial charge < -0.3 is 0 Å². The lowest BCUT2D eigenvalue weighted by Crippen LogP contribution is -2.40. The lowest BCUT2D eigenvalue weighted by molar-refractivity contribution is 0.682. The van der Waals surface area contributed by atoms with Gasteiger partial charge in [-0.1, -0.05) is 48.0 Å². The Kier molecular flexibility index (Phi) is 4.43. The molecule has 0 N–H and O–H groups in total. The van der Waals surface area contributed by atoms with Crippen LogP contribution in [0.3, 0.4) is 0 Å². The minimum atomic E-state index is -0.387. The highest BCUT2D eigenvalue weighted by molar-refractivity contribution is 5.79. The van der Waals surface area contributed by atoms with E-state index in [-0.39, 0.29) is 17.8 Å². The summed E-state index contributed by atoms with van der Waals surface area (Å²) in [6.07, 6.45) is 0. The molecule has 4 aromatic rings. The molecule has 0 bridgehead atoms. The third-order valence-corrected chi connectivity index (χ3v) is 4.89. The van der Waals surface area contributed by atoms with Crippen LogP contribution in [0, 0.1) is 20.8 Å². The summed E-state index contributed by atoms with van der Waals surface area (Å²) in [5.41, 5.74) is 4.01. The van der Waals surface area contributed by atoms with E-state index in [4.69, 9.17) is 0 Å². The Balaban J connectivity index is 2.07. The molecule has 4 rings (SSSR count). The van der Waals surface area contributed by atoms with Gasteiger partial charge in [-0.25, -0.2) is 14.3 Å². The van der Waals surface area contributed by atoms with E-state index in [2.05, 4.69) is 4.98 Å². The number of aromatic nitrogens is 3. The Bertz CT molecular complexity index is 1280. The molecule has 5 nitrogen and oxygen atoms in total. The number of hydrogen-bond acceptors (Lipinski definition) is 3. The standard InChI is InChI=1S/C23H21N3O2/c1-15-9-11-18(12-10-15)14-25-22(27)20-16(2)13-17(3)24-21(20)26(23(25)28)19-7-5-4-6-8-19/h4-13H,14H2,1-3H3. The summed E-state index contributed by atoms with van der Waals surface area (Å²) < 4.78 is 2.83. The summed E-state index contributed by atoms with van der Waals surface area (Å²) in [5.74, 6) is 0. The highest BCUT2D eigenvalue weighted by Crippen LogP contribution is 2.17. The Morgan fingerprint density at radius 2 is 1.57 bits per heavy atom. The topological polar surface area (TPSA) is 56.9 Å². The molecule has 140 valence electrons. The molecule has 0 aliphatic carbocycles. The average Bonchev–Trinajstić information content (AvgIpc) is 2.67. The number of benzene rings is 2. The molecule has 0 atom stereocenters. The molecule has 5 heteroatoms. The SMILES string of the molecule is Cc1ccc(Cn2c(=O)c3c(C)cc(C)nc3n(-c3ccccc3)c2=O)cc1. The third-order valence-electron chi connectivity index (χ3n) is 4.89. The zero-order chi connectivity index (χ0) is 19.8. The maximum atomic E-state index is 13.4. The van der Waals surface area contributed by atoms with Gasteiger partial charge in [-0.3, -0.25) is 9.36 Å². The van der Waals surface area contributed by atoms with Crippen LogP contribution in [0.2, 0.25) is 0 Å². The van der Waals surface area contributed by atoms with E-state index in [9.17, 15) is 9.59 Å². The molecular weight excluding hydrogens is 350 g/mol. The van der Waals surface area contributed by atoms with Crippen molar-refractivity contribution >= 4 is 11.0 Å². The van der Waals surface area contributed by atoms with Crippen molar-refractivity contribution in [3.63, 3.8) is 0 Å². The normalized spacial score (nSPS) is 11.1. The van der Waals surface area contributed by atoms with Gasteiger partial charge in [0, 0.05) is 5.69 Å². The maximum Gasteiger partial charge on any atom is 0.337 e. The molecule has 0 fully saturated rings. The van der Waals surface area contributed by atoms with Crippen molar-refractivity contribution in [3.05, 3.63) is 104 Å². The van der Waals surface area contributed by atoms with E-state index in [1.165, 1.54) is 9.13 Å². The van der Waals surface area contributed by atoms with Crippen LogP contribution >= 0.6 is 0 Å². The molecule has 0 radical (unpaired) electrons. The molecule has 0 amide bonds. The van der Waals surface area contributed by atoms with Crippen molar-refractivity contribution in [2.75, 3.05) is 0 Å². The van der Waals surface area contributed by atoms with Crippen molar-refractivity contribution in [2.45, 2.75) is 27.3 Å². The lowest BCUT2D eigenvalue weighted by Gasteiger charge is -2.15. The number of aryl methyl sites for hydroxylation is 3. The molecule has 0 saturated heterocycles. The molecule has 2 aromatic heterocycles. The first kappa shape index (κ1) is 17.9. The van der Waals surface area contributed by atoms with E-state index in [1.54, 1.807) is 0 Å². The smallest absolute Gasteiger partial charge is 0.268 e. The van der Waals surface area contributed by atoms with Gasteiger partial charge >= 0.3 is 5.69 Å². The minimum absolute atomic E-state index is 0.216. The maximum absolute atomic E-state index is 13.4. The summed E-state index contributed by atoms with van der Waals surface area (Å²) in [7, 11) is 0. The highest BCUT2D eigenvalue weighted by Gasteiger charge is 2.18. The van der Waals surface area contributed by atoms with Crippen molar-refractivity contribution < 1.29 is 0 Å². The van der Waals surface area contributed by atoms with Gasteiger partial charge in [0.1, 0.15) is 0 Å². The van der Waals surface area contributed by atoms with E-state index >= 15 is 0 Å². The summed E-state index contributed by atoms with van der Waals surface area (Å²) in [6.45, 7) is 5.97. The van der Waals surface area contributed by atoms with E-state index in [1.807, 2.05) is 81.4 Å². The lowest BCUT2D eigenvalue weighted by atomic mass is 10.1. The predicted octanol–water partition coefficient (Wildman–Crippen LogP) is 3.52. The van der Waals surface area contributed by atoms with Gasteiger partial charge in [0.2, 0.25) is 0 Å². The zero-order valence-electron chi connectivity index (χ0n) is 16.1. The zero-order valence-corrected chi connectivity index (χ0v) is 16.1. The van der Waals surface area contributed by atoms with Gasteiger partial charge in [0.25, 0.3) is 5.56 Å². The van der Waals surface area contributed by atoms with Crippen molar-refractivity contribution in [3.8, 4) is 5.69 Å². The average molecular weight is 371 g/mol. The fourth-order valence-electron chi connectivity index (χ4n) is 3.50. The number of pyridine rings is 1. The van der Waals surface area contributed by atoms with Gasteiger partial charge in [-0.2, -0.15) is 0 Å². The molecule has 28 heavy (non-hydrogen) atoms. The van der Waals surface area contributed by atoms with E-state index in [0.717, 1.165) is 22.4 Å². The summed E-state index contributed by atoms with van der Waals surface area (Å²) in [5, 5.41) is 0.473. The first-order valence-corrected chi connectivity index (χ1v) is 9.20. The minimum Gasteiger partial charge on any atom is -0.268 e. The molecule has 0 aliphatic rings. The van der Waals surface area contributed by atoms with Gasteiger partial charge in [0.15, 0.2) is 5.65 Å². The fourth-order valence-corrected chi connectivity index (χ4v) is 3.50. The Hall–Kier alpha value is -3.47. The Labute approximate surface area is 162 Å². The molecule has 0 aliphatic heterocycles. The Morgan fingerprint density at radius 1 is 0.893 bits per heavy atom. The van der Waals surface area contributed by atoms with Gasteiger partial charge in [-0.15, -0.1) is 0 Å². The number of fused-ring (bicyclic) bond motifs is 1. The molecule has 0 spiro atoms. The summed E-state index contributed by atoms with van der Waals surface area (Å²) in [4.78, 5) is 31.2. The van der Waals surface area contributed by atoms with Crippen LogP contribution in [-0.4, -0.2) is 14.1 Å². The van der Waals surface area contributed by atoms with Crippen LogP contribution in [0.1, 0.15) is 22.4 Å². The fraction of sp³-hybridized carbons (Fsp3) is 0.174. The summed E-state index contributed by atoms with van der Waals surface area (Å²) in [6, 6.07) is 19.0. The largest absolute Gasteiger partial charge is 0.337 e. The van der Waals surface area contributed by atoms with E-state index < -0.39 is 0 Å². The molecule has 2 aromatic carbocycles. The number of rotatable bonds is 3. The van der Waals surface area contributed by atoms with Crippen molar-refractivity contribution in [2.24, 2.45) is 0 Å². The van der Waals surface area contributed by atoms with Crippen LogP contribution in [0.4, 0.5) is 0 Å². The van der Waals surface area contributed by atoms with Crippen LogP contribution < -0.4 is 11.2 Å². The van der Waals surface area contributed by atoms with E-state index in [0.29, 0.717) is 16.7 Å². The van der Waals surface area contributed by atoms with Crippen molar-refractivity contribution in [1.82, 2.24) is 14.1 Å². The monoisotopic (exact) mass is 371 g/mol. The van der Waals surface area contributed by atoms with Crippen LogP contribution in [0.15, 0.2) is 70.3 Å². The second-order valence-corrected chi connectivity index (χ2v) is 7.11. The molecular formula is C23H21N3O2. The van der Waals surface area contributed by atoms with Crippen molar-refractivity contribution in [1.29, 1.82) is 0 Å². The number of nitrogens with zero attached hydrogens (tertiary/aromatic N) is 3. The summed E-state index contributed by atoms with van der Waals surface area (Å²) >= 11 is 0. The second kappa shape index (κ2) is 6.93. The van der Waals surface area contributed by atoms with Gasteiger partial charge in [-0.05, 0) is 50.1 Å². The van der Waals surface area contributed by atoms with Crippen LogP contribution in [0.5, 0.6) is 0 Å². The molecule has 0 saturated carbocycles. The molecule has 2 heterocycles. The molecule has 0 unspecified atom stereocenters. The first-order chi connectivity index (χ1) is 13.5. The first-order valence-electron chi connectivity index (χ1n) is 9.20. The Morgan fingerprint density at radius 3 is 2.25 bits per heavy atom. The quantitative estimate of drug-likeness (QED) is 0.554.